The molecule has 1 heterocycles. The third kappa shape index (κ3) is 7.50. The number of ether oxygens (including phenoxy) is 1. The number of aliphatic hydroxyl groups is 1. The van der Waals surface area contributed by atoms with E-state index in [1.807, 2.05) is 20.8 Å². The SMILES string of the molecule is CC(C)NC(=O)Nc1cccc2c1O[C@H](CN(C)C(=O)NC1CCCCC1)[C@H](C)CN([C@@H](C)CO)C2=O. The fraction of sp³-hybridized carbons (Fsp3) is 0.667. The minimum atomic E-state index is -0.460. The lowest BCUT2D eigenvalue weighted by Gasteiger charge is -2.38. The minimum absolute atomic E-state index is 0.0712. The second kappa shape index (κ2) is 13.0. The third-order valence-electron chi connectivity index (χ3n) is 7.09. The summed E-state index contributed by atoms with van der Waals surface area (Å²) in [5.74, 6) is -0.175. The zero-order chi connectivity index (χ0) is 27.1. The van der Waals surface area contributed by atoms with E-state index in [1.165, 1.54) is 6.42 Å². The van der Waals surface area contributed by atoms with Crippen molar-refractivity contribution in [3.8, 4) is 5.75 Å². The van der Waals surface area contributed by atoms with Crippen molar-refractivity contribution >= 4 is 23.7 Å². The van der Waals surface area contributed by atoms with E-state index in [-0.39, 0.29) is 42.3 Å². The van der Waals surface area contributed by atoms with Crippen molar-refractivity contribution < 1.29 is 24.2 Å². The molecule has 1 aromatic rings. The molecule has 4 N–H and O–H groups in total. The molecule has 1 saturated carbocycles. The van der Waals surface area contributed by atoms with E-state index in [0.29, 0.717) is 24.3 Å². The van der Waals surface area contributed by atoms with Gasteiger partial charge in [-0.15, -0.1) is 0 Å². The van der Waals surface area contributed by atoms with Crippen LogP contribution in [0.1, 0.15) is 70.2 Å². The molecule has 1 aliphatic heterocycles. The van der Waals surface area contributed by atoms with Gasteiger partial charge in [-0.05, 0) is 45.7 Å². The van der Waals surface area contributed by atoms with Crippen LogP contribution in [0.25, 0.3) is 0 Å². The molecular formula is C27H43N5O5. The van der Waals surface area contributed by atoms with Gasteiger partial charge in [0, 0.05) is 31.6 Å². The van der Waals surface area contributed by atoms with Crippen LogP contribution >= 0.6 is 0 Å². The fourth-order valence-corrected chi connectivity index (χ4v) is 4.86. The molecular weight excluding hydrogens is 474 g/mol. The molecule has 10 nitrogen and oxygen atoms in total. The van der Waals surface area contributed by atoms with Gasteiger partial charge < -0.3 is 35.6 Å². The molecule has 2 aliphatic rings. The summed E-state index contributed by atoms with van der Waals surface area (Å²) in [4.78, 5) is 42.3. The molecule has 1 aromatic carbocycles. The first kappa shape index (κ1) is 28.6. The molecule has 0 aromatic heterocycles. The minimum Gasteiger partial charge on any atom is -0.485 e. The molecule has 0 unspecified atom stereocenters. The van der Waals surface area contributed by atoms with Gasteiger partial charge in [0.25, 0.3) is 5.91 Å². The molecule has 1 fully saturated rings. The van der Waals surface area contributed by atoms with Gasteiger partial charge in [-0.2, -0.15) is 0 Å². The van der Waals surface area contributed by atoms with Gasteiger partial charge in [0.05, 0.1) is 30.4 Å². The molecule has 1 aliphatic carbocycles. The second-order valence-electron chi connectivity index (χ2n) is 10.7. The van der Waals surface area contributed by atoms with E-state index in [4.69, 9.17) is 4.74 Å². The van der Waals surface area contributed by atoms with Gasteiger partial charge in [0.15, 0.2) is 5.75 Å². The summed E-state index contributed by atoms with van der Waals surface area (Å²) in [6, 6.07) is 4.19. The number of hydrogen-bond acceptors (Lipinski definition) is 5. The second-order valence-corrected chi connectivity index (χ2v) is 10.7. The van der Waals surface area contributed by atoms with Crippen LogP contribution in [0, 0.1) is 5.92 Å². The Bertz CT molecular complexity index is 949. The standard InChI is InChI=1S/C27H43N5O5/c1-17(2)28-26(35)30-22-13-9-12-21-24(22)37-23(18(3)14-32(25(21)34)19(4)16-33)15-31(5)27(36)29-20-10-7-6-8-11-20/h9,12-13,17-20,23,33H,6-8,10-11,14-16H2,1-5H3,(H,29,36)(H2,28,30,35)/t18-,19+,23-/m1/s1. The average Bonchev–Trinajstić information content (AvgIpc) is 2.86. The van der Waals surface area contributed by atoms with E-state index in [1.54, 1.807) is 42.0 Å². The number of aliphatic hydroxyl groups excluding tert-OH is 1. The van der Waals surface area contributed by atoms with E-state index >= 15 is 0 Å². The number of fused-ring (bicyclic) bond motifs is 1. The van der Waals surface area contributed by atoms with Crippen LogP contribution in [0.2, 0.25) is 0 Å². The number of likely N-dealkylation sites (N-methyl/N-ethyl adjacent to an activating group) is 1. The Balaban J connectivity index is 1.89. The summed E-state index contributed by atoms with van der Waals surface area (Å²) >= 11 is 0. The highest BCUT2D eigenvalue weighted by Gasteiger charge is 2.35. The molecule has 206 valence electrons. The number of benzene rings is 1. The molecule has 0 saturated heterocycles. The average molecular weight is 518 g/mol. The van der Waals surface area contributed by atoms with Gasteiger partial charge >= 0.3 is 12.1 Å². The van der Waals surface area contributed by atoms with Gasteiger partial charge in [-0.1, -0.05) is 32.3 Å². The van der Waals surface area contributed by atoms with Crippen molar-refractivity contribution in [1.82, 2.24) is 20.4 Å². The van der Waals surface area contributed by atoms with Crippen LogP contribution in [-0.4, -0.2) is 83.8 Å². The van der Waals surface area contributed by atoms with Crippen molar-refractivity contribution in [2.45, 2.75) is 84.0 Å². The maximum Gasteiger partial charge on any atom is 0.319 e. The highest BCUT2D eigenvalue weighted by Crippen LogP contribution is 2.35. The van der Waals surface area contributed by atoms with Crippen LogP contribution in [0.3, 0.4) is 0 Å². The Kier molecular flexibility index (Phi) is 10.0. The first-order chi connectivity index (χ1) is 17.6. The summed E-state index contributed by atoms with van der Waals surface area (Å²) in [7, 11) is 1.74. The Morgan fingerprint density at radius 2 is 1.89 bits per heavy atom. The van der Waals surface area contributed by atoms with Crippen molar-refractivity contribution in [1.29, 1.82) is 0 Å². The van der Waals surface area contributed by atoms with Crippen LogP contribution in [0.5, 0.6) is 5.75 Å². The van der Waals surface area contributed by atoms with Crippen molar-refractivity contribution in [2.75, 3.05) is 32.1 Å². The molecule has 10 heteroatoms. The number of hydrogen-bond donors (Lipinski definition) is 4. The number of amides is 5. The summed E-state index contributed by atoms with van der Waals surface area (Å²) in [5.41, 5.74) is 0.669. The Hall–Kier alpha value is -3.01. The van der Waals surface area contributed by atoms with Crippen LogP contribution < -0.4 is 20.7 Å². The third-order valence-corrected chi connectivity index (χ3v) is 7.09. The van der Waals surface area contributed by atoms with Crippen LogP contribution in [-0.2, 0) is 0 Å². The maximum atomic E-state index is 13.5. The topological polar surface area (TPSA) is 123 Å². The van der Waals surface area contributed by atoms with Crippen LogP contribution in [0.15, 0.2) is 18.2 Å². The number of rotatable bonds is 7. The number of nitrogens with zero attached hydrogens (tertiary/aromatic N) is 2. The van der Waals surface area contributed by atoms with E-state index < -0.39 is 18.2 Å². The van der Waals surface area contributed by atoms with Crippen molar-refractivity contribution in [2.24, 2.45) is 5.92 Å². The zero-order valence-electron chi connectivity index (χ0n) is 22.8. The summed E-state index contributed by atoms with van der Waals surface area (Å²) in [6.45, 7) is 7.94. The van der Waals surface area contributed by atoms with E-state index in [2.05, 4.69) is 16.0 Å². The highest BCUT2D eigenvalue weighted by atomic mass is 16.5. The molecule has 0 bridgehead atoms. The first-order valence-electron chi connectivity index (χ1n) is 13.4. The van der Waals surface area contributed by atoms with Gasteiger partial charge in [-0.3, -0.25) is 4.79 Å². The predicted octanol–water partition coefficient (Wildman–Crippen LogP) is 3.41. The number of anilines is 1. The highest BCUT2D eigenvalue weighted by molar-refractivity contribution is 6.01. The van der Waals surface area contributed by atoms with Crippen LogP contribution in [0.4, 0.5) is 15.3 Å². The van der Waals surface area contributed by atoms with E-state index in [9.17, 15) is 19.5 Å². The number of carbonyl (C=O) groups excluding carboxylic acids is 3. The fourth-order valence-electron chi connectivity index (χ4n) is 4.86. The smallest absolute Gasteiger partial charge is 0.319 e. The normalized spacial score (nSPS) is 21.3. The van der Waals surface area contributed by atoms with Gasteiger partial charge in [-0.25, -0.2) is 9.59 Å². The number of carbonyl (C=O) groups is 3. The lowest BCUT2D eigenvalue weighted by Crippen LogP contribution is -2.52. The monoisotopic (exact) mass is 517 g/mol. The molecule has 5 amide bonds. The first-order valence-corrected chi connectivity index (χ1v) is 13.4. The lowest BCUT2D eigenvalue weighted by molar-refractivity contribution is 0.0368. The largest absolute Gasteiger partial charge is 0.485 e. The van der Waals surface area contributed by atoms with Crippen molar-refractivity contribution in [3.05, 3.63) is 23.8 Å². The Labute approximate surface area is 220 Å². The Morgan fingerprint density at radius 3 is 2.54 bits per heavy atom. The number of nitrogens with one attached hydrogen (secondary N) is 3. The molecule has 3 rings (SSSR count). The molecule has 37 heavy (non-hydrogen) atoms. The zero-order valence-corrected chi connectivity index (χ0v) is 22.8. The Morgan fingerprint density at radius 1 is 1.19 bits per heavy atom. The maximum absolute atomic E-state index is 13.5. The summed E-state index contributed by atoms with van der Waals surface area (Å²) in [6.07, 6.45) is 4.99. The summed E-state index contributed by atoms with van der Waals surface area (Å²) in [5, 5.41) is 18.6. The quantitative estimate of drug-likeness (QED) is 0.441. The molecule has 0 spiro atoms. The van der Waals surface area contributed by atoms with Crippen molar-refractivity contribution in [3.63, 3.8) is 0 Å². The van der Waals surface area contributed by atoms with E-state index in [0.717, 1.165) is 25.7 Å². The molecule has 0 radical (unpaired) electrons. The van der Waals surface area contributed by atoms with Gasteiger partial charge in [0.1, 0.15) is 6.10 Å². The molecule has 3 atom stereocenters. The predicted molar refractivity (Wildman–Crippen MR) is 143 cm³/mol. The van der Waals surface area contributed by atoms with Gasteiger partial charge in [0.2, 0.25) is 0 Å². The lowest BCUT2D eigenvalue weighted by atomic mass is 9.96. The summed E-state index contributed by atoms with van der Waals surface area (Å²) < 4.78 is 6.45. The number of urea groups is 2. The number of para-hydroxylation sites is 1.